The molecule has 0 radical (unpaired) electrons. The van der Waals surface area contributed by atoms with E-state index in [1.54, 1.807) is 0 Å². The Labute approximate surface area is 101 Å². The molecule has 1 N–H and O–H groups in total. The molecule has 3 rings (SSSR count). The highest BCUT2D eigenvalue weighted by Crippen LogP contribution is 2.46. The molecule has 0 aliphatic heterocycles. The van der Waals surface area contributed by atoms with Crippen molar-refractivity contribution in [1.29, 1.82) is 0 Å². The smallest absolute Gasteiger partial charge is 0.195 e. The standard InChI is InChI=1S/C12H19N3S/c1-2-12(6-3-7-12)8-15-10(9-4-5-9)13-14-11(15)16/h9H,2-8H2,1H3,(H,14,16). The van der Waals surface area contributed by atoms with Gasteiger partial charge in [0.25, 0.3) is 0 Å². The Balaban J connectivity index is 1.87. The largest absolute Gasteiger partial charge is 0.303 e. The average Bonchev–Trinajstić information content (AvgIpc) is 2.99. The SMILES string of the molecule is CCC1(Cn2c(C3CC3)n[nH]c2=S)CCC1. The van der Waals surface area contributed by atoms with Crippen molar-refractivity contribution in [3.63, 3.8) is 0 Å². The highest BCUT2D eigenvalue weighted by Gasteiger charge is 2.37. The Bertz CT molecular complexity index is 432. The van der Waals surface area contributed by atoms with Gasteiger partial charge < -0.3 is 4.57 Å². The van der Waals surface area contributed by atoms with Crippen LogP contribution < -0.4 is 0 Å². The Morgan fingerprint density at radius 2 is 2.25 bits per heavy atom. The lowest BCUT2D eigenvalue weighted by molar-refractivity contribution is 0.0983. The molecule has 2 saturated carbocycles. The second-order valence-corrected chi connectivity index (χ2v) is 5.84. The van der Waals surface area contributed by atoms with Crippen molar-refractivity contribution >= 4 is 12.2 Å². The first-order valence-electron chi connectivity index (χ1n) is 6.39. The first-order valence-corrected chi connectivity index (χ1v) is 6.80. The van der Waals surface area contributed by atoms with Gasteiger partial charge in [-0.1, -0.05) is 13.3 Å². The van der Waals surface area contributed by atoms with E-state index >= 15 is 0 Å². The van der Waals surface area contributed by atoms with Gasteiger partial charge in [0.05, 0.1) is 0 Å². The van der Waals surface area contributed by atoms with Crippen molar-refractivity contribution in [2.24, 2.45) is 5.41 Å². The molecule has 0 spiro atoms. The third-order valence-electron chi connectivity index (χ3n) is 4.39. The van der Waals surface area contributed by atoms with Gasteiger partial charge in [-0.25, -0.2) is 0 Å². The molecule has 2 fully saturated rings. The van der Waals surface area contributed by atoms with Crippen molar-refractivity contribution in [2.75, 3.05) is 0 Å². The molecule has 3 nitrogen and oxygen atoms in total. The van der Waals surface area contributed by atoms with Crippen LogP contribution in [0.4, 0.5) is 0 Å². The number of nitrogens with one attached hydrogen (secondary N) is 1. The van der Waals surface area contributed by atoms with Gasteiger partial charge in [0.1, 0.15) is 5.82 Å². The molecule has 0 amide bonds. The van der Waals surface area contributed by atoms with Crippen LogP contribution >= 0.6 is 12.2 Å². The van der Waals surface area contributed by atoms with E-state index in [1.807, 2.05) is 0 Å². The summed E-state index contributed by atoms with van der Waals surface area (Å²) in [6, 6.07) is 0. The number of nitrogens with zero attached hydrogens (tertiary/aromatic N) is 2. The quantitative estimate of drug-likeness (QED) is 0.814. The molecule has 88 valence electrons. The molecule has 4 heteroatoms. The van der Waals surface area contributed by atoms with Gasteiger partial charge in [0, 0.05) is 12.5 Å². The molecule has 1 aromatic heterocycles. The fraction of sp³-hybridized carbons (Fsp3) is 0.833. The van der Waals surface area contributed by atoms with Crippen molar-refractivity contribution in [1.82, 2.24) is 14.8 Å². The monoisotopic (exact) mass is 237 g/mol. The lowest BCUT2D eigenvalue weighted by atomic mass is 9.67. The fourth-order valence-electron chi connectivity index (χ4n) is 2.77. The molecule has 0 unspecified atom stereocenters. The van der Waals surface area contributed by atoms with Crippen LogP contribution in [0.15, 0.2) is 0 Å². The van der Waals surface area contributed by atoms with E-state index in [1.165, 1.54) is 44.3 Å². The molecule has 2 aliphatic rings. The lowest BCUT2D eigenvalue weighted by Crippen LogP contribution is -2.34. The summed E-state index contributed by atoms with van der Waals surface area (Å²) < 4.78 is 3.09. The second-order valence-electron chi connectivity index (χ2n) is 5.45. The van der Waals surface area contributed by atoms with Crippen LogP contribution in [0.5, 0.6) is 0 Å². The number of aromatic amines is 1. The number of rotatable bonds is 4. The van der Waals surface area contributed by atoms with Crippen molar-refractivity contribution in [3.8, 4) is 0 Å². The van der Waals surface area contributed by atoms with E-state index in [-0.39, 0.29) is 0 Å². The van der Waals surface area contributed by atoms with E-state index < -0.39 is 0 Å². The number of hydrogen-bond acceptors (Lipinski definition) is 2. The minimum Gasteiger partial charge on any atom is -0.303 e. The normalized spacial score (nSPS) is 23.1. The van der Waals surface area contributed by atoms with E-state index in [0.29, 0.717) is 11.3 Å². The van der Waals surface area contributed by atoms with E-state index in [0.717, 1.165) is 11.3 Å². The van der Waals surface area contributed by atoms with E-state index in [2.05, 4.69) is 21.7 Å². The van der Waals surface area contributed by atoms with Crippen LogP contribution in [0.25, 0.3) is 0 Å². The molecule has 0 saturated heterocycles. The highest BCUT2D eigenvalue weighted by molar-refractivity contribution is 7.71. The zero-order valence-corrected chi connectivity index (χ0v) is 10.6. The molecule has 2 aliphatic carbocycles. The minimum absolute atomic E-state index is 0.520. The summed E-state index contributed by atoms with van der Waals surface area (Å²) in [5.41, 5.74) is 0.520. The molecule has 16 heavy (non-hydrogen) atoms. The van der Waals surface area contributed by atoms with Crippen LogP contribution in [-0.4, -0.2) is 14.8 Å². The molecule has 0 aromatic carbocycles. The van der Waals surface area contributed by atoms with Gasteiger partial charge >= 0.3 is 0 Å². The maximum Gasteiger partial charge on any atom is 0.195 e. The second kappa shape index (κ2) is 3.69. The predicted molar refractivity (Wildman–Crippen MR) is 66.0 cm³/mol. The van der Waals surface area contributed by atoms with Crippen LogP contribution in [-0.2, 0) is 6.54 Å². The summed E-state index contributed by atoms with van der Waals surface area (Å²) in [7, 11) is 0. The predicted octanol–water partition coefficient (Wildman–Crippen LogP) is 3.40. The van der Waals surface area contributed by atoms with E-state index in [9.17, 15) is 0 Å². The first-order chi connectivity index (χ1) is 7.74. The van der Waals surface area contributed by atoms with Crippen LogP contribution in [0, 0.1) is 10.2 Å². The van der Waals surface area contributed by atoms with Gasteiger partial charge in [-0.2, -0.15) is 5.10 Å². The molecule has 1 aromatic rings. The van der Waals surface area contributed by atoms with Crippen LogP contribution in [0.1, 0.15) is 57.2 Å². The average molecular weight is 237 g/mol. The van der Waals surface area contributed by atoms with Gasteiger partial charge in [0.15, 0.2) is 4.77 Å². The molecule has 0 atom stereocenters. The summed E-state index contributed by atoms with van der Waals surface area (Å²) in [4.78, 5) is 0. The Morgan fingerprint density at radius 3 is 2.75 bits per heavy atom. The van der Waals surface area contributed by atoms with Crippen molar-refractivity contribution < 1.29 is 0 Å². The van der Waals surface area contributed by atoms with Crippen LogP contribution in [0.2, 0.25) is 0 Å². The third-order valence-corrected chi connectivity index (χ3v) is 4.70. The van der Waals surface area contributed by atoms with Gasteiger partial charge in [0.2, 0.25) is 0 Å². The number of H-pyrrole nitrogens is 1. The highest BCUT2D eigenvalue weighted by atomic mass is 32.1. The van der Waals surface area contributed by atoms with Gasteiger partial charge in [-0.05, 0) is 49.7 Å². The molecule has 1 heterocycles. The van der Waals surface area contributed by atoms with E-state index in [4.69, 9.17) is 12.2 Å². The first kappa shape index (κ1) is 10.5. The summed E-state index contributed by atoms with van der Waals surface area (Å²) in [5.74, 6) is 1.90. The summed E-state index contributed by atoms with van der Waals surface area (Å²) in [5, 5.41) is 7.37. The third kappa shape index (κ3) is 1.63. The Kier molecular flexibility index (Phi) is 2.42. The van der Waals surface area contributed by atoms with Crippen molar-refractivity contribution in [3.05, 3.63) is 10.6 Å². The minimum atomic E-state index is 0.520. The molecular weight excluding hydrogens is 218 g/mol. The Hall–Kier alpha value is -0.640. The van der Waals surface area contributed by atoms with Crippen molar-refractivity contribution in [2.45, 2.75) is 57.9 Å². The molecule has 0 bridgehead atoms. The summed E-state index contributed by atoms with van der Waals surface area (Å²) in [6.07, 6.45) is 7.96. The maximum absolute atomic E-state index is 5.35. The molecular formula is C12H19N3S. The number of aromatic nitrogens is 3. The summed E-state index contributed by atoms with van der Waals surface area (Å²) in [6.45, 7) is 3.39. The fourth-order valence-corrected chi connectivity index (χ4v) is 2.98. The summed E-state index contributed by atoms with van der Waals surface area (Å²) >= 11 is 5.35. The Morgan fingerprint density at radius 1 is 1.50 bits per heavy atom. The van der Waals surface area contributed by atoms with Gasteiger partial charge in [-0.3, -0.25) is 5.10 Å². The van der Waals surface area contributed by atoms with Gasteiger partial charge in [-0.15, -0.1) is 0 Å². The number of hydrogen-bond donors (Lipinski definition) is 1. The topological polar surface area (TPSA) is 33.6 Å². The zero-order chi connectivity index (χ0) is 11.2. The zero-order valence-electron chi connectivity index (χ0n) is 9.83. The maximum atomic E-state index is 5.35. The van der Waals surface area contributed by atoms with Crippen LogP contribution in [0.3, 0.4) is 0 Å². The lowest BCUT2D eigenvalue weighted by Gasteiger charge is -2.41.